The number of methoxy groups -OCH3 is 1. The molecule has 0 saturated carbocycles. The molecule has 0 atom stereocenters. The number of non-ortho nitro benzene ring substituents is 1. The van der Waals surface area contributed by atoms with Gasteiger partial charge in [-0.3, -0.25) is 14.9 Å². The quantitative estimate of drug-likeness (QED) is 0.144. The van der Waals surface area contributed by atoms with E-state index in [2.05, 4.69) is 25.2 Å². The number of anilines is 1. The third-order valence-corrected chi connectivity index (χ3v) is 6.05. The zero-order valence-corrected chi connectivity index (χ0v) is 21.2. The molecule has 0 bridgehead atoms. The molecule has 226 valence electrons. The van der Waals surface area contributed by atoms with Crippen molar-refractivity contribution in [2.45, 2.75) is 34.6 Å². The van der Waals surface area contributed by atoms with E-state index in [0.717, 1.165) is 30.0 Å². The van der Waals surface area contributed by atoms with Gasteiger partial charge in [-0.25, -0.2) is 18.9 Å². The lowest BCUT2D eigenvalue weighted by Crippen LogP contribution is -2.50. The van der Waals surface area contributed by atoms with Crippen LogP contribution in [0.5, 0.6) is 0 Å². The first-order chi connectivity index (χ1) is 19.5. The number of nitrogens with zero attached hydrogens (tertiary/aromatic N) is 6. The topological polar surface area (TPSA) is 164 Å². The lowest BCUT2D eigenvalue weighted by atomic mass is 10.0. The lowest BCUT2D eigenvalue weighted by molar-refractivity contribution is -0.384. The molecule has 22 heteroatoms. The average molecular weight is 631 g/mol. The summed E-state index contributed by atoms with van der Waals surface area (Å²) in [6, 6.07) is 2.41. The van der Waals surface area contributed by atoms with Crippen molar-refractivity contribution < 1.29 is 59.1 Å². The summed E-state index contributed by atoms with van der Waals surface area (Å²) in [5.74, 6) is -17.0. The number of pyridine rings is 1. The molecular weight excluding hydrogens is 618 g/mol. The average Bonchev–Trinajstić information content (AvgIpc) is 3.35. The summed E-state index contributed by atoms with van der Waals surface area (Å²) in [4.78, 5) is 37.3. The van der Waals surface area contributed by atoms with Gasteiger partial charge in [-0.15, -0.1) is 5.10 Å². The minimum atomic E-state index is -6.69. The SMILES string of the molecule is COC(=O)OCCn1nnnc1Sc1ccc([N+](=O)[O-])cc1C(=O)Nc1ncc(C(F)(F)C(F)(F)C(F)(F)F)cc1F. The van der Waals surface area contributed by atoms with Gasteiger partial charge in [0.15, 0.2) is 11.6 Å². The van der Waals surface area contributed by atoms with Crippen LogP contribution >= 0.6 is 11.8 Å². The third kappa shape index (κ3) is 6.63. The van der Waals surface area contributed by atoms with Crippen LogP contribution in [0.4, 0.5) is 51.4 Å². The maximum absolute atomic E-state index is 14.5. The van der Waals surface area contributed by atoms with Gasteiger partial charge >= 0.3 is 24.2 Å². The molecule has 2 aromatic heterocycles. The van der Waals surface area contributed by atoms with E-state index in [0.29, 0.717) is 11.8 Å². The highest BCUT2D eigenvalue weighted by molar-refractivity contribution is 7.99. The number of halogens is 8. The number of carbonyl (C=O) groups is 2. The fraction of sp³-hybridized carbons (Fsp3) is 0.300. The molecule has 1 aromatic carbocycles. The molecule has 0 fully saturated rings. The number of nitro benzene ring substituents is 1. The summed E-state index contributed by atoms with van der Waals surface area (Å²) in [6.45, 7) is -0.369. The molecule has 0 saturated heterocycles. The molecule has 0 aliphatic carbocycles. The zero-order chi connectivity index (χ0) is 31.5. The molecule has 2 heterocycles. The van der Waals surface area contributed by atoms with E-state index in [1.54, 1.807) is 5.32 Å². The number of rotatable bonds is 10. The van der Waals surface area contributed by atoms with E-state index in [1.165, 1.54) is 0 Å². The van der Waals surface area contributed by atoms with Crippen molar-refractivity contribution >= 4 is 35.3 Å². The van der Waals surface area contributed by atoms with E-state index in [1.807, 2.05) is 0 Å². The van der Waals surface area contributed by atoms with Crippen molar-refractivity contribution in [3.8, 4) is 0 Å². The summed E-state index contributed by atoms with van der Waals surface area (Å²) in [5, 5.41) is 23.7. The number of hydrogen-bond donors (Lipinski definition) is 1. The summed E-state index contributed by atoms with van der Waals surface area (Å²) in [6.07, 6.45) is -7.89. The van der Waals surface area contributed by atoms with Crippen molar-refractivity contribution in [3.63, 3.8) is 0 Å². The van der Waals surface area contributed by atoms with Crippen LogP contribution in [0.15, 0.2) is 40.5 Å². The second kappa shape index (κ2) is 12.1. The molecule has 0 spiro atoms. The number of nitro groups is 1. The van der Waals surface area contributed by atoms with Gasteiger partial charge in [-0.05, 0) is 34.3 Å². The molecule has 3 rings (SSSR count). The molecular formula is C20H13F8N7O6S. The summed E-state index contributed by atoms with van der Waals surface area (Å²) < 4.78 is 116. The van der Waals surface area contributed by atoms with Gasteiger partial charge in [0, 0.05) is 28.8 Å². The fourth-order valence-electron chi connectivity index (χ4n) is 2.92. The summed E-state index contributed by atoms with van der Waals surface area (Å²) in [5.41, 5.74) is -3.31. The molecule has 42 heavy (non-hydrogen) atoms. The Hall–Kier alpha value is -4.63. The number of nitrogens with one attached hydrogen (secondary N) is 1. The summed E-state index contributed by atoms with van der Waals surface area (Å²) in [7, 11) is 1.07. The van der Waals surface area contributed by atoms with Crippen LogP contribution in [-0.4, -0.2) is 68.0 Å². The fourth-order valence-corrected chi connectivity index (χ4v) is 3.82. The second-order valence-corrected chi connectivity index (χ2v) is 8.69. The number of alkyl halides is 7. The molecule has 1 N–H and O–H groups in total. The Bertz CT molecular complexity index is 1500. The maximum atomic E-state index is 14.5. The molecule has 0 unspecified atom stereocenters. The smallest absolute Gasteiger partial charge is 0.438 e. The molecule has 0 radical (unpaired) electrons. The lowest BCUT2D eigenvalue weighted by Gasteiger charge is -2.28. The van der Waals surface area contributed by atoms with E-state index in [-0.39, 0.29) is 35.5 Å². The van der Waals surface area contributed by atoms with Gasteiger partial charge in [0.1, 0.15) is 6.61 Å². The number of amides is 1. The predicted molar refractivity (Wildman–Crippen MR) is 120 cm³/mol. The number of tetrazole rings is 1. The van der Waals surface area contributed by atoms with Gasteiger partial charge < -0.3 is 14.8 Å². The molecule has 13 nitrogen and oxygen atoms in total. The van der Waals surface area contributed by atoms with Gasteiger partial charge in [0.2, 0.25) is 5.16 Å². The number of ether oxygens (including phenoxy) is 2. The minimum Gasteiger partial charge on any atom is -0.438 e. The zero-order valence-electron chi connectivity index (χ0n) is 20.4. The summed E-state index contributed by atoms with van der Waals surface area (Å²) >= 11 is 0.655. The highest BCUT2D eigenvalue weighted by Crippen LogP contribution is 2.51. The molecule has 0 aliphatic heterocycles. The van der Waals surface area contributed by atoms with Crippen LogP contribution in [0.1, 0.15) is 15.9 Å². The van der Waals surface area contributed by atoms with Crippen molar-refractivity contribution in [1.82, 2.24) is 25.2 Å². The first-order valence-electron chi connectivity index (χ1n) is 10.7. The van der Waals surface area contributed by atoms with Crippen LogP contribution in [-0.2, 0) is 21.9 Å². The van der Waals surface area contributed by atoms with E-state index < -0.39 is 63.5 Å². The van der Waals surface area contributed by atoms with Crippen LogP contribution in [0.2, 0.25) is 0 Å². The minimum absolute atomic E-state index is 0.0344. The Morgan fingerprint density at radius 2 is 1.83 bits per heavy atom. The van der Waals surface area contributed by atoms with E-state index in [4.69, 9.17) is 4.74 Å². The first-order valence-corrected chi connectivity index (χ1v) is 11.5. The monoisotopic (exact) mass is 631 g/mol. The normalized spacial score (nSPS) is 12.1. The Balaban J connectivity index is 1.89. The van der Waals surface area contributed by atoms with Gasteiger partial charge in [0.25, 0.3) is 11.6 Å². The maximum Gasteiger partial charge on any atom is 0.508 e. The molecule has 1 amide bonds. The molecule has 3 aromatic rings. The Labute approximate surface area is 231 Å². The molecule has 0 aliphatic rings. The van der Waals surface area contributed by atoms with Crippen LogP contribution in [0, 0.1) is 15.9 Å². The van der Waals surface area contributed by atoms with Crippen LogP contribution < -0.4 is 5.32 Å². The van der Waals surface area contributed by atoms with Crippen molar-refractivity contribution in [1.29, 1.82) is 0 Å². The van der Waals surface area contributed by atoms with Gasteiger partial charge in [-0.2, -0.15) is 30.7 Å². The highest BCUT2D eigenvalue weighted by Gasteiger charge is 2.73. The van der Waals surface area contributed by atoms with Gasteiger partial charge in [-0.1, -0.05) is 0 Å². The van der Waals surface area contributed by atoms with Gasteiger partial charge in [0.05, 0.1) is 24.1 Å². The number of hydrogen-bond acceptors (Lipinski definition) is 11. The predicted octanol–water partition coefficient (Wildman–Crippen LogP) is 4.59. The second-order valence-electron chi connectivity index (χ2n) is 7.68. The Morgan fingerprint density at radius 3 is 2.43 bits per heavy atom. The van der Waals surface area contributed by atoms with Crippen molar-refractivity contribution in [2.75, 3.05) is 19.0 Å². The highest BCUT2D eigenvalue weighted by atomic mass is 32.2. The Morgan fingerprint density at radius 1 is 1.14 bits per heavy atom. The van der Waals surface area contributed by atoms with Crippen molar-refractivity contribution in [2.24, 2.45) is 0 Å². The van der Waals surface area contributed by atoms with Crippen LogP contribution in [0.25, 0.3) is 0 Å². The Kier molecular flexibility index (Phi) is 9.17. The first kappa shape index (κ1) is 31.9. The number of benzene rings is 1. The van der Waals surface area contributed by atoms with Crippen LogP contribution in [0.3, 0.4) is 0 Å². The van der Waals surface area contributed by atoms with E-state index >= 15 is 0 Å². The third-order valence-electron chi connectivity index (χ3n) is 4.99. The van der Waals surface area contributed by atoms with E-state index in [9.17, 15) is 54.8 Å². The number of aromatic nitrogens is 5. The largest absolute Gasteiger partial charge is 0.508 e. The number of carbonyl (C=O) groups excluding carboxylic acids is 2. The standard InChI is InChI=1S/C20H13F8N7O6S/c1-40-17(37)41-5-4-34-16(31-32-33-34)42-13-3-2-10(35(38)39)7-11(13)15(36)30-14-12(21)6-9(8-29-14)18(22,23)19(24,25)20(26,27)28/h2-3,6-8H,4-5H2,1H3,(H,29,30,36). The van der Waals surface area contributed by atoms with Crippen molar-refractivity contribution in [3.05, 3.63) is 57.5 Å².